The van der Waals surface area contributed by atoms with Gasteiger partial charge in [0, 0.05) is 126 Å². The summed E-state index contributed by atoms with van der Waals surface area (Å²) in [7, 11) is -7.62. The zero-order valence-corrected chi connectivity index (χ0v) is 55.4. The fraction of sp³-hybridized carbons (Fsp3) is 0.562. The van der Waals surface area contributed by atoms with Crippen LogP contribution in [0.25, 0.3) is 0 Å². The van der Waals surface area contributed by atoms with Gasteiger partial charge < -0.3 is 50.8 Å². The molecule has 0 saturated carbocycles. The lowest BCUT2D eigenvalue weighted by Crippen LogP contribution is -2.54. The summed E-state index contributed by atoms with van der Waals surface area (Å²) in [5.74, 6) is 1.05. The van der Waals surface area contributed by atoms with Gasteiger partial charge in [0.05, 0.1) is 71.6 Å². The number of ether oxygens (including phenoxy) is 4. The number of likely N-dealkylation sites (tertiary alicyclic amines) is 2. The van der Waals surface area contributed by atoms with Crippen LogP contribution in [0.15, 0.2) is 82.6 Å². The van der Waals surface area contributed by atoms with Gasteiger partial charge in [-0.15, -0.1) is 0 Å². The van der Waals surface area contributed by atoms with E-state index in [9.17, 15) is 36.9 Å². The monoisotopic (exact) mass is 1340 g/mol. The maximum Gasteiger partial charge on any atom is 0.314 e. The van der Waals surface area contributed by atoms with Crippen molar-refractivity contribution >= 4 is 55.3 Å². The van der Waals surface area contributed by atoms with Crippen molar-refractivity contribution in [3.05, 3.63) is 116 Å². The molecular weight excluding hydrogens is 1260 g/mol. The topological polar surface area (TPSA) is 296 Å². The maximum atomic E-state index is 13.5. The van der Waals surface area contributed by atoms with Crippen LogP contribution in [-0.2, 0) is 42.4 Å². The summed E-state index contributed by atoms with van der Waals surface area (Å²) < 4.78 is 84.5. The number of hydrogen-bond acceptors (Lipinski definition) is 18. The summed E-state index contributed by atoms with van der Waals surface area (Å²) in [6.45, 7) is 16.1. The van der Waals surface area contributed by atoms with Gasteiger partial charge in [-0.25, -0.2) is 35.9 Å². The quantitative estimate of drug-likeness (QED) is 0.0353. The number of piperazine rings is 2. The van der Waals surface area contributed by atoms with E-state index in [2.05, 4.69) is 86.9 Å². The number of unbranched alkanes of at least 4 members (excludes halogenated alkanes) is 1. The predicted molar refractivity (Wildman–Crippen MR) is 349 cm³/mol. The summed E-state index contributed by atoms with van der Waals surface area (Å²) in [5.41, 5.74) is 4.75. The highest BCUT2D eigenvalue weighted by atomic mass is 35.5. The molecule has 8 atom stereocenters. The molecule has 4 aromatic rings. The smallest absolute Gasteiger partial charge is 0.314 e. The van der Waals surface area contributed by atoms with Gasteiger partial charge >= 0.3 is 12.1 Å². The molecule has 2 aliphatic carbocycles. The van der Waals surface area contributed by atoms with Crippen molar-refractivity contribution in [2.24, 2.45) is 0 Å². The number of hydrogen-bond donors (Lipinski definition) is 8. The summed E-state index contributed by atoms with van der Waals surface area (Å²) >= 11 is 12.9. The molecule has 0 radical (unpaired) electrons. The lowest BCUT2D eigenvalue weighted by atomic mass is 10.0. The number of fused-ring (bicyclic) bond motifs is 2. The fourth-order valence-electron chi connectivity index (χ4n) is 13.3. The standard InChI is InChI=1S/C64H86Cl2N14O10S2/c1-43-39-79(23-17-69-43)59-35-55-45(37-67)31-47(65)33-57(55)61(59)89-51-5-9-53(10-6-51)91(83,84)75-49-13-21-77(41-49)25-29-87-27-19-73-63(81)71-15-3-4-16-72-64(82)74-20-28-88-30-26-78-22-14-50(42-78)76-92(85,86)54-11-7-52(8-12-54)90-62-58-34-48(66)32-46(38-68)56(58)36-60(62)80-24-18-70-44(2)40-80/h5-12,31-34,43-44,49-50,59-62,69-70,75-76H,3-4,13-30,35-36,39-42H2,1-2H3,(H2,71,73,81)(H2,72,74,82)/t43-,44-,49-,50-,59+,60+,61+,62+/m1/s1. The van der Waals surface area contributed by atoms with Gasteiger partial charge in [-0.05, 0) is 161 Å². The SMILES string of the molecule is C[C@@H]1CN([C@H]2Cc3c(C#N)cc(Cl)cc3[C@@H]2Oc2ccc(S(=O)(=O)N[C@@H]3CCN(CCOCCNC(=O)NCCCCNC(=O)NCCOCCN4CC[C@@H](NS(=O)(=O)c5ccc(O[C@H]6c7cc(Cl)cc(C#N)c7C[C@@H]6N6CCN[C@H](C)C6)cc5)C4)C3)cc2)CCN1. The third-order valence-electron chi connectivity index (χ3n) is 17.9. The minimum Gasteiger partial charge on any atom is -0.484 e. The van der Waals surface area contributed by atoms with Crippen molar-refractivity contribution in [1.82, 2.24) is 60.9 Å². The van der Waals surface area contributed by atoms with Crippen LogP contribution in [0, 0.1) is 22.7 Å². The molecule has 10 rings (SSSR count). The number of nitrogens with zero attached hydrogens (tertiary/aromatic N) is 6. The molecule has 92 heavy (non-hydrogen) atoms. The molecule has 498 valence electrons. The van der Waals surface area contributed by atoms with E-state index in [-0.39, 0.29) is 58.2 Å². The fourth-order valence-corrected chi connectivity index (χ4v) is 16.3. The molecule has 24 nitrogen and oxygen atoms in total. The number of halogens is 2. The van der Waals surface area contributed by atoms with E-state index < -0.39 is 20.0 Å². The Morgan fingerprint density at radius 1 is 0.565 bits per heavy atom. The largest absolute Gasteiger partial charge is 0.484 e. The van der Waals surface area contributed by atoms with Gasteiger partial charge in [-0.1, -0.05) is 23.2 Å². The first-order valence-electron chi connectivity index (χ1n) is 32.0. The number of benzene rings is 4. The first-order valence-corrected chi connectivity index (χ1v) is 35.8. The van der Waals surface area contributed by atoms with Gasteiger partial charge in [0.25, 0.3) is 0 Å². The lowest BCUT2D eigenvalue weighted by Gasteiger charge is -2.38. The Morgan fingerprint density at radius 3 is 1.36 bits per heavy atom. The van der Waals surface area contributed by atoms with E-state index >= 15 is 0 Å². The van der Waals surface area contributed by atoms with Crippen LogP contribution >= 0.6 is 23.2 Å². The Bertz CT molecular complexity index is 3270. The average molecular weight is 1350 g/mol. The minimum absolute atomic E-state index is 0.0108. The van der Waals surface area contributed by atoms with Crippen LogP contribution in [0.2, 0.25) is 10.0 Å². The number of carbonyl (C=O) groups excluding carboxylic acids is 2. The first kappa shape index (κ1) is 68.9. The summed E-state index contributed by atoms with van der Waals surface area (Å²) in [6.07, 6.45) is 3.18. The van der Waals surface area contributed by atoms with Crippen molar-refractivity contribution < 1.29 is 45.4 Å². The van der Waals surface area contributed by atoms with E-state index in [4.69, 9.17) is 42.1 Å². The predicted octanol–water partition coefficient (Wildman–Crippen LogP) is 4.23. The van der Waals surface area contributed by atoms with Crippen molar-refractivity contribution in [2.75, 3.05) is 131 Å². The summed E-state index contributed by atoms with van der Waals surface area (Å²) in [6, 6.07) is 24.2. The highest BCUT2D eigenvalue weighted by Gasteiger charge is 2.43. The van der Waals surface area contributed by atoms with Gasteiger partial charge in [0.1, 0.15) is 23.7 Å². The average Bonchev–Trinajstić information content (AvgIpc) is 1.64. The van der Waals surface area contributed by atoms with E-state index in [1.165, 1.54) is 0 Å². The lowest BCUT2D eigenvalue weighted by molar-refractivity contribution is 0.0594. The second-order valence-electron chi connectivity index (χ2n) is 24.6. The van der Waals surface area contributed by atoms with Crippen LogP contribution in [-0.4, -0.2) is 216 Å². The molecule has 28 heteroatoms. The highest BCUT2D eigenvalue weighted by Crippen LogP contribution is 2.43. The van der Waals surface area contributed by atoms with Gasteiger partial charge in [0.2, 0.25) is 20.0 Å². The van der Waals surface area contributed by atoms with E-state index in [0.29, 0.717) is 175 Å². The zero-order valence-electron chi connectivity index (χ0n) is 52.3. The number of nitriles is 2. The molecule has 4 saturated heterocycles. The van der Waals surface area contributed by atoms with Crippen LogP contribution in [0.1, 0.15) is 85.1 Å². The van der Waals surface area contributed by atoms with Crippen molar-refractivity contribution in [1.29, 1.82) is 10.5 Å². The van der Waals surface area contributed by atoms with Crippen molar-refractivity contribution in [3.63, 3.8) is 0 Å². The third kappa shape index (κ3) is 18.5. The van der Waals surface area contributed by atoms with Crippen molar-refractivity contribution in [2.45, 2.75) is 111 Å². The van der Waals surface area contributed by atoms with Gasteiger partial charge in [-0.2, -0.15) is 10.5 Å². The Balaban J connectivity index is 0.525. The second-order valence-corrected chi connectivity index (χ2v) is 28.9. The molecule has 8 N–H and O–H groups in total. The van der Waals surface area contributed by atoms with Crippen LogP contribution in [0.5, 0.6) is 11.5 Å². The number of urea groups is 2. The molecular formula is C64H86Cl2N14O10S2. The molecule has 4 heterocycles. The molecule has 4 fully saturated rings. The molecule has 0 unspecified atom stereocenters. The Hall–Kier alpha value is -5.92. The summed E-state index contributed by atoms with van der Waals surface area (Å²) in [5, 5.41) is 38.9. The zero-order chi connectivity index (χ0) is 64.8. The summed E-state index contributed by atoms with van der Waals surface area (Å²) in [4.78, 5) is 34.0. The van der Waals surface area contributed by atoms with E-state index in [1.807, 2.05) is 12.1 Å². The number of nitrogens with one attached hydrogen (secondary N) is 8. The molecule has 6 aliphatic rings. The van der Waals surface area contributed by atoms with Gasteiger partial charge in [-0.3, -0.25) is 19.6 Å². The molecule has 4 aromatic carbocycles. The third-order valence-corrected chi connectivity index (χ3v) is 21.5. The van der Waals surface area contributed by atoms with Crippen molar-refractivity contribution in [3.8, 4) is 23.6 Å². The van der Waals surface area contributed by atoms with E-state index in [0.717, 1.165) is 61.5 Å². The number of amides is 4. The first-order chi connectivity index (χ1) is 44.4. The second kappa shape index (κ2) is 32.5. The molecule has 0 bridgehead atoms. The number of rotatable bonds is 29. The number of sulfonamides is 2. The number of carbonyl (C=O) groups is 2. The van der Waals surface area contributed by atoms with Crippen LogP contribution < -0.4 is 50.8 Å². The molecule has 0 spiro atoms. The van der Waals surface area contributed by atoms with Crippen LogP contribution in [0.3, 0.4) is 0 Å². The molecule has 4 amide bonds. The minimum atomic E-state index is -3.81. The Kier molecular flexibility index (Phi) is 24.3. The van der Waals surface area contributed by atoms with E-state index in [1.54, 1.807) is 60.7 Å². The normalized spacial score (nSPS) is 23.7. The van der Waals surface area contributed by atoms with Gasteiger partial charge in [0.15, 0.2) is 0 Å². The molecule has 0 aromatic heterocycles. The highest BCUT2D eigenvalue weighted by molar-refractivity contribution is 7.89. The molecule has 4 aliphatic heterocycles. The maximum absolute atomic E-state index is 13.5. The Labute approximate surface area is 550 Å². The Morgan fingerprint density at radius 2 is 0.967 bits per heavy atom. The van der Waals surface area contributed by atoms with Crippen LogP contribution in [0.4, 0.5) is 9.59 Å².